The fraction of sp³-hybridized carbons (Fsp3) is 0.417. The number of hydrogen-bond acceptors (Lipinski definition) is 4. The first-order valence-electron chi connectivity index (χ1n) is 5.32. The van der Waals surface area contributed by atoms with Gasteiger partial charge in [0.25, 0.3) is 0 Å². The maximum Gasteiger partial charge on any atom is 0.312 e. The first-order chi connectivity index (χ1) is 8.58. The highest BCUT2D eigenvalue weighted by atomic mass is 19.1. The van der Waals surface area contributed by atoms with E-state index in [2.05, 4.69) is 0 Å². The zero-order valence-corrected chi connectivity index (χ0v) is 10.3. The highest BCUT2D eigenvalue weighted by Crippen LogP contribution is 2.34. The number of nitrogens with two attached hydrogens (primary N) is 1. The van der Waals surface area contributed by atoms with Gasteiger partial charge in [0.1, 0.15) is 18.2 Å². The van der Waals surface area contributed by atoms with Crippen LogP contribution in [-0.4, -0.2) is 31.8 Å². The minimum absolute atomic E-state index is 0.0935. The highest BCUT2D eigenvalue weighted by molar-refractivity contribution is 5.78. The molecule has 18 heavy (non-hydrogen) atoms. The van der Waals surface area contributed by atoms with E-state index in [0.717, 1.165) is 0 Å². The van der Waals surface area contributed by atoms with E-state index in [1.807, 2.05) is 0 Å². The Hall–Kier alpha value is -1.82. The molecule has 0 fully saturated rings. The second kappa shape index (κ2) is 6.20. The first kappa shape index (κ1) is 14.2. The lowest BCUT2D eigenvalue weighted by Crippen LogP contribution is -2.22. The topological polar surface area (TPSA) is 81.8 Å². The van der Waals surface area contributed by atoms with Gasteiger partial charge in [0.15, 0.2) is 0 Å². The van der Waals surface area contributed by atoms with Gasteiger partial charge in [-0.2, -0.15) is 0 Å². The van der Waals surface area contributed by atoms with E-state index in [1.54, 1.807) is 0 Å². The normalized spacial score (nSPS) is 12.0. The van der Waals surface area contributed by atoms with E-state index in [-0.39, 0.29) is 12.1 Å². The molecule has 3 N–H and O–H groups in total. The molecular formula is C12H16FNO4. The van der Waals surface area contributed by atoms with Gasteiger partial charge in [-0.1, -0.05) is 0 Å². The minimum atomic E-state index is -1.08. The molecule has 1 unspecified atom stereocenters. The number of alkyl halides is 1. The van der Waals surface area contributed by atoms with Crippen LogP contribution in [0.25, 0.3) is 0 Å². The van der Waals surface area contributed by atoms with Crippen molar-refractivity contribution in [2.75, 3.05) is 20.8 Å². The maximum atomic E-state index is 12.9. The van der Waals surface area contributed by atoms with E-state index in [4.69, 9.17) is 20.3 Å². The molecule has 1 atom stereocenters. The number of halogens is 1. The van der Waals surface area contributed by atoms with Crippen LogP contribution in [0.5, 0.6) is 11.5 Å². The van der Waals surface area contributed by atoms with E-state index < -0.39 is 18.6 Å². The van der Waals surface area contributed by atoms with Crippen molar-refractivity contribution >= 4 is 5.97 Å². The number of aliphatic carboxylic acids is 1. The summed E-state index contributed by atoms with van der Waals surface area (Å²) in [6, 6.07) is 2.89. The SMILES string of the molecule is COc1cc(OC)c(C(CN)C(=O)O)cc1CF. The molecule has 0 bridgehead atoms. The van der Waals surface area contributed by atoms with Gasteiger partial charge in [-0.05, 0) is 6.07 Å². The molecule has 1 aromatic carbocycles. The number of carbonyl (C=O) groups is 1. The highest BCUT2D eigenvalue weighted by Gasteiger charge is 2.24. The summed E-state index contributed by atoms with van der Waals surface area (Å²) in [5.41, 5.74) is 6.05. The number of hydrogen-bond donors (Lipinski definition) is 2. The van der Waals surface area contributed by atoms with Gasteiger partial charge >= 0.3 is 5.97 Å². The number of carboxylic acids is 1. The molecule has 1 aromatic rings. The molecule has 0 saturated carbocycles. The molecule has 5 nitrogen and oxygen atoms in total. The van der Waals surface area contributed by atoms with Gasteiger partial charge in [-0.25, -0.2) is 4.39 Å². The fourth-order valence-corrected chi connectivity index (χ4v) is 1.73. The number of benzene rings is 1. The average molecular weight is 257 g/mol. The predicted octanol–water partition coefficient (Wildman–Crippen LogP) is 1.30. The quantitative estimate of drug-likeness (QED) is 0.802. The van der Waals surface area contributed by atoms with Crippen molar-refractivity contribution in [1.29, 1.82) is 0 Å². The summed E-state index contributed by atoms with van der Waals surface area (Å²) in [7, 11) is 2.81. The zero-order valence-electron chi connectivity index (χ0n) is 10.3. The number of ether oxygens (including phenoxy) is 2. The number of carboxylic acid groups (broad SMARTS) is 1. The molecule has 0 saturated heterocycles. The van der Waals surface area contributed by atoms with Crippen LogP contribution in [0.15, 0.2) is 12.1 Å². The zero-order chi connectivity index (χ0) is 13.7. The maximum absolute atomic E-state index is 12.9. The van der Waals surface area contributed by atoms with Crippen LogP contribution >= 0.6 is 0 Å². The van der Waals surface area contributed by atoms with E-state index in [9.17, 15) is 9.18 Å². The minimum Gasteiger partial charge on any atom is -0.496 e. The Balaban J connectivity index is 3.36. The lowest BCUT2D eigenvalue weighted by molar-refractivity contribution is -0.138. The summed E-state index contributed by atoms with van der Waals surface area (Å²) in [6.45, 7) is -0.846. The van der Waals surface area contributed by atoms with Crippen molar-refractivity contribution < 1.29 is 23.8 Å². The Morgan fingerprint density at radius 1 is 1.39 bits per heavy atom. The molecule has 6 heteroatoms. The molecule has 0 aliphatic carbocycles. The monoisotopic (exact) mass is 257 g/mol. The standard InChI is InChI=1S/C12H16FNO4/c1-17-10-4-11(18-2)8(3-7(10)5-13)9(6-14)12(15)16/h3-4,9H,5-6,14H2,1-2H3,(H,15,16). The van der Waals surface area contributed by atoms with E-state index in [0.29, 0.717) is 17.1 Å². The Morgan fingerprint density at radius 2 is 2.00 bits per heavy atom. The molecule has 0 aliphatic heterocycles. The van der Waals surface area contributed by atoms with Crippen LogP contribution in [0.4, 0.5) is 4.39 Å². The van der Waals surface area contributed by atoms with Crippen LogP contribution < -0.4 is 15.2 Å². The summed E-state index contributed by atoms with van der Waals surface area (Å²) in [6.07, 6.45) is 0. The Bertz CT molecular complexity index is 436. The van der Waals surface area contributed by atoms with Gasteiger partial charge in [0.2, 0.25) is 0 Å². The molecular weight excluding hydrogens is 241 g/mol. The molecule has 1 rings (SSSR count). The molecule has 100 valence electrons. The van der Waals surface area contributed by atoms with Crippen molar-refractivity contribution in [2.24, 2.45) is 5.73 Å². The molecule has 0 amide bonds. The van der Waals surface area contributed by atoms with Gasteiger partial charge in [0.05, 0.1) is 20.1 Å². The molecule has 0 heterocycles. The summed E-state index contributed by atoms with van der Waals surface area (Å²) >= 11 is 0. The third-order valence-corrected chi connectivity index (χ3v) is 2.69. The summed E-state index contributed by atoms with van der Waals surface area (Å²) < 4.78 is 23.0. The smallest absolute Gasteiger partial charge is 0.312 e. The van der Waals surface area contributed by atoms with Gasteiger partial charge in [-0.15, -0.1) is 0 Å². The van der Waals surface area contributed by atoms with Crippen LogP contribution in [-0.2, 0) is 11.5 Å². The van der Waals surface area contributed by atoms with Crippen LogP contribution in [0, 0.1) is 0 Å². The van der Waals surface area contributed by atoms with Crippen LogP contribution in [0.1, 0.15) is 17.0 Å². The Labute approximate surface area is 104 Å². The number of methoxy groups -OCH3 is 2. The third-order valence-electron chi connectivity index (χ3n) is 2.69. The second-order valence-corrected chi connectivity index (χ2v) is 3.67. The van der Waals surface area contributed by atoms with Gasteiger partial charge in [0, 0.05) is 23.7 Å². The largest absolute Gasteiger partial charge is 0.496 e. The molecule has 0 aliphatic rings. The fourth-order valence-electron chi connectivity index (χ4n) is 1.73. The van der Waals surface area contributed by atoms with Crippen molar-refractivity contribution in [3.63, 3.8) is 0 Å². The molecule has 0 aromatic heterocycles. The van der Waals surface area contributed by atoms with Crippen LogP contribution in [0.3, 0.4) is 0 Å². The van der Waals surface area contributed by atoms with E-state index in [1.165, 1.54) is 26.4 Å². The lowest BCUT2D eigenvalue weighted by atomic mass is 9.96. The van der Waals surface area contributed by atoms with Gasteiger partial charge in [-0.3, -0.25) is 4.79 Å². The van der Waals surface area contributed by atoms with Crippen molar-refractivity contribution in [3.05, 3.63) is 23.3 Å². The Kier molecular flexibility index (Phi) is 4.91. The van der Waals surface area contributed by atoms with Crippen molar-refractivity contribution in [1.82, 2.24) is 0 Å². The van der Waals surface area contributed by atoms with Crippen LogP contribution in [0.2, 0.25) is 0 Å². The Morgan fingerprint density at radius 3 is 2.39 bits per heavy atom. The van der Waals surface area contributed by atoms with Crippen molar-refractivity contribution in [3.8, 4) is 11.5 Å². The summed E-state index contributed by atoms with van der Waals surface area (Å²) in [4.78, 5) is 11.1. The van der Waals surface area contributed by atoms with Crippen molar-refractivity contribution in [2.45, 2.75) is 12.6 Å². The average Bonchev–Trinajstić information content (AvgIpc) is 2.38. The first-order valence-corrected chi connectivity index (χ1v) is 5.32. The van der Waals surface area contributed by atoms with Gasteiger partial charge < -0.3 is 20.3 Å². The van der Waals surface area contributed by atoms with E-state index >= 15 is 0 Å². The number of rotatable bonds is 6. The summed E-state index contributed by atoms with van der Waals surface area (Å²) in [5.74, 6) is -1.37. The summed E-state index contributed by atoms with van der Waals surface area (Å²) in [5, 5.41) is 9.08. The second-order valence-electron chi connectivity index (χ2n) is 3.67. The molecule has 0 radical (unpaired) electrons. The predicted molar refractivity (Wildman–Crippen MR) is 63.8 cm³/mol. The molecule has 0 spiro atoms. The lowest BCUT2D eigenvalue weighted by Gasteiger charge is -2.17. The third kappa shape index (κ3) is 2.70.